The van der Waals surface area contributed by atoms with E-state index in [1.165, 1.54) is 0 Å². The predicted molar refractivity (Wildman–Crippen MR) is 21.6 cm³/mol. The number of alkyl halides is 2. The molecule has 0 fully saturated rings. The number of halogens is 2. The number of hydrogen-bond acceptors (Lipinski definition) is 1. The molecule has 40 valence electrons. The van der Waals surface area contributed by atoms with Crippen molar-refractivity contribution in [2.45, 2.75) is 6.42 Å². The summed E-state index contributed by atoms with van der Waals surface area (Å²) in [5.41, 5.74) is 0. The van der Waals surface area contributed by atoms with Crippen LogP contribution in [-0.4, -0.2) is 13.3 Å². The number of rotatable bonds is 2. The standard InChI is InChI=1S/C3H6F2.H3N/c4-2-1-3-5;/h1-3H2;1H3. The second-order valence-corrected chi connectivity index (χ2v) is 0.732. The lowest BCUT2D eigenvalue weighted by Gasteiger charge is -1.73. The molecule has 0 aromatic heterocycles. The van der Waals surface area contributed by atoms with Crippen LogP contribution in [0.3, 0.4) is 0 Å². The molecule has 0 aromatic carbocycles. The van der Waals surface area contributed by atoms with Crippen LogP contribution in [0.2, 0.25) is 0 Å². The Morgan fingerprint density at radius 2 is 1.33 bits per heavy atom. The van der Waals surface area contributed by atoms with E-state index >= 15 is 0 Å². The monoisotopic (exact) mass is 97.1 g/mol. The van der Waals surface area contributed by atoms with E-state index in [0.29, 0.717) is 0 Å². The van der Waals surface area contributed by atoms with Crippen LogP contribution in [0.25, 0.3) is 0 Å². The van der Waals surface area contributed by atoms with E-state index in [1.54, 1.807) is 0 Å². The van der Waals surface area contributed by atoms with Gasteiger partial charge in [-0.25, -0.2) is 0 Å². The van der Waals surface area contributed by atoms with Crippen LogP contribution in [0, 0.1) is 0 Å². The SMILES string of the molecule is FCCCF.N. The summed E-state index contributed by atoms with van der Waals surface area (Å²) in [4.78, 5) is 0. The molecule has 0 unspecified atom stereocenters. The van der Waals surface area contributed by atoms with Crippen molar-refractivity contribution < 1.29 is 8.78 Å². The normalized spacial score (nSPS) is 7.00. The van der Waals surface area contributed by atoms with Crippen LogP contribution in [0.1, 0.15) is 6.42 Å². The topological polar surface area (TPSA) is 35.0 Å². The summed E-state index contributed by atoms with van der Waals surface area (Å²) in [5.74, 6) is 0. The van der Waals surface area contributed by atoms with Crippen LogP contribution in [0.15, 0.2) is 0 Å². The van der Waals surface area contributed by atoms with E-state index < -0.39 is 13.3 Å². The van der Waals surface area contributed by atoms with Crippen molar-refractivity contribution in [1.82, 2.24) is 6.15 Å². The molecule has 0 atom stereocenters. The summed E-state index contributed by atoms with van der Waals surface area (Å²) in [7, 11) is 0. The molecule has 1 nitrogen and oxygen atoms in total. The molecule has 3 heteroatoms. The van der Waals surface area contributed by atoms with Gasteiger partial charge in [-0.2, -0.15) is 0 Å². The Hall–Kier alpha value is -0.180. The molecule has 0 radical (unpaired) electrons. The van der Waals surface area contributed by atoms with E-state index in [0.717, 1.165) is 0 Å². The minimum Gasteiger partial charge on any atom is -0.344 e. The third-order valence-corrected chi connectivity index (χ3v) is 0.267. The van der Waals surface area contributed by atoms with Crippen molar-refractivity contribution >= 4 is 0 Å². The molecule has 0 aromatic rings. The van der Waals surface area contributed by atoms with Crippen LogP contribution in [-0.2, 0) is 0 Å². The van der Waals surface area contributed by atoms with Gasteiger partial charge in [-0.3, -0.25) is 8.78 Å². The average molecular weight is 97.1 g/mol. The molecule has 0 saturated carbocycles. The van der Waals surface area contributed by atoms with Gasteiger partial charge in [-0.1, -0.05) is 0 Å². The molecule has 3 N–H and O–H groups in total. The molecular formula is C3H9F2N. The predicted octanol–water partition coefficient (Wildman–Crippen LogP) is 1.48. The van der Waals surface area contributed by atoms with Gasteiger partial charge in [0.15, 0.2) is 0 Å². The Kier molecular flexibility index (Phi) is 13.7. The van der Waals surface area contributed by atoms with Crippen molar-refractivity contribution in [2.75, 3.05) is 13.3 Å². The summed E-state index contributed by atoms with van der Waals surface area (Å²) >= 11 is 0. The van der Waals surface area contributed by atoms with Crippen molar-refractivity contribution in [3.63, 3.8) is 0 Å². The molecule has 6 heavy (non-hydrogen) atoms. The molecule has 0 spiro atoms. The van der Waals surface area contributed by atoms with Crippen molar-refractivity contribution in [1.29, 1.82) is 0 Å². The Morgan fingerprint density at radius 1 is 1.00 bits per heavy atom. The lowest BCUT2D eigenvalue weighted by atomic mass is 10.5. The molecule has 0 rings (SSSR count). The lowest BCUT2D eigenvalue weighted by molar-refractivity contribution is 0.398. The highest BCUT2D eigenvalue weighted by Crippen LogP contribution is 1.77. The van der Waals surface area contributed by atoms with Gasteiger partial charge in [0.2, 0.25) is 0 Å². The van der Waals surface area contributed by atoms with Gasteiger partial charge >= 0.3 is 0 Å². The third kappa shape index (κ3) is 9.17. The summed E-state index contributed by atoms with van der Waals surface area (Å²) in [6.07, 6.45) is 0.0556. The van der Waals surface area contributed by atoms with E-state index in [4.69, 9.17) is 0 Å². The lowest BCUT2D eigenvalue weighted by Crippen LogP contribution is -1.73. The fourth-order valence-corrected chi connectivity index (χ4v) is 0.0505. The summed E-state index contributed by atoms with van der Waals surface area (Å²) < 4.78 is 21.5. The van der Waals surface area contributed by atoms with E-state index in [-0.39, 0.29) is 12.6 Å². The summed E-state index contributed by atoms with van der Waals surface area (Å²) in [6, 6.07) is 0. The zero-order valence-corrected chi connectivity index (χ0v) is 3.58. The maximum atomic E-state index is 10.8. The third-order valence-electron chi connectivity index (χ3n) is 0.267. The van der Waals surface area contributed by atoms with E-state index in [2.05, 4.69) is 0 Å². The first-order chi connectivity index (χ1) is 2.41. The Labute approximate surface area is 35.9 Å². The molecule has 0 aliphatic heterocycles. The van der Waals surface area contributed by atoms with Crippen molar-refractivity contribution in [2.24, 2.45) is 0 Å². The summed E-state index contributed by atoms with van der Waals surface area (Å²) in [6.45, 7) is -1.06. The van der Waals surface area contributed by atoms with Gasteiger partial charge in [0.25, 0.3) is 0 Å². The highest BCUT2D eigenvalue weighted by molar-refractivity contribution is 4.23. The largest absolute Gasteiger partial charge is 0.344 e. The molecule has 0 aliphatic carbocycles. The molecule has 0 saturated heterocycles. The van der Waals surface area contributed by atoms with Gasteiger partial charge < -0.3 is 6.15 Å². The minimum atomic E-state index is -0.531. The van der Waals surface area contributed by atoms with E-state index in [9.17, 15) is 8.78 Å². The van der Waals surface area contributed by atoms with Crippen LogP contribution >= 0.6 is 0 Å². The van der Waals surface area contributed by atoms with Gasteiger partial charge in [0, 0.05) is 6.42 Å². The molecule has 0 amide bonds. The molecule has 0 aliphatic rings. The first kappa shape index (κ1) is 9.27. The van der Waals surface area contributed by atoms with Crippen molar-refractivity contribution in [3.05, 3.63) is 0 Å². The maximum Gasteiger partial charge on any atom is 0.0919 e. The van der Waals surface area contributed by atoms with Gasteiger partial charge in [0.1, 0.15) is 0 Å². The smallest absolute Gasteiger partial charge is 0.0919 e. The average Bonchev–Trinajstić information content (AvgIpc) is 1.41. The van der Waals surface area contributed by atoms with Gasteiger partial charge in [-0.15, -0.1) is 0 Å². The van der Waals surface area contributed by atoms with Gasteiger partial charge in [-0.05, 0) is 0 Å². The zero-order valence-electron chi connectivity index (χ0n) is 3.58. The second kappa shape index (κ2) is 8.84. The highest BCUT2D eigenvalue weighted by Gasteiger charge is 1.75. The van der Waals surface area contributed by atoms with Crippen LogP contribution < -0.4 is 6.15 Å². The fraction of sp³-hybridized carbons (Fsp3) is 1.00. The molecule has 0 heterocycles. The summed E-state index contributed by atoms with van der Waals surface area (Å²) in [5, 5.41) is 0. The number of hydrogen-bond donors (Lipinski definition) is 1. The first-order valence-electron chi connectivity index (χ1n) is 1.53. The fourth-order valence-electron chi connectivity index (χ4n) is 0.0505. The molecular weight excluding hydrogens is 88.0 g/mol. The maximum absolute atomic E-state index is 10.8. The Bertz CT molecular complexity index is 16.3. The van der Waals surface area contributed by atoms with Crippen LogP contribution in [0.4, 0.5) is 8.78 Å². The Morgan fingerprint density at radius 3 is 1.33 bits per heavy atom. The Balaban J connectivity index is 0. The zero-order chi connectivity index (χ0) is 4.12. The van der Waals surface area contributed by atoms with Crippen LogP contribution in [0.5, 0.6) is 0 Å². The second-order valence-electron chi connectivity index (χ2n) is 0.732. The minimum absolute atomic E-state index is 0. The van der Waals surface area contributed by atoms with E-state index in [1.807, 2.05) is 0 Å². The van der Waals surface area contributed by atoms with Crippen molar-refractivity contribution in [3.8, 4) is 0 Å². The quantitative estimate of drug-likeness (QED) is 0.556. The first-order valence-corrected chi connectivity index (χ1v) is 1.53. The molecule has 0 bridgehead atoms. The highest BCUT2D eigenvalue weighted by atomic mass is 19.1. The van der Waals surface area contributed by atoms with Gasteiger partial charge in [0.05, 0.1) is 13.3 Å².